The molecule has 2 rings (SSSR count). The van der Waals surface area contributed by atoms with Crippen molar-refractivity contribution in [1.29, 1.82) is 0 Å². The van der Waals surface area contributed by atoms with E-state index in [-0.39, 0.29) is 0 Å². The van der Waals surface area contributed by atoms with Gasteiger partial charge in [-0.05, 0) is 23.4 Å². The molecular weight excluding hydrogens is 236 g/mol. The smallest absolute Gasteiger partial charge is 0.126 e. The van der Waals surface area contributed by atoms with E-state index in [4.69, 9.17) is 16.3 Å². The molecular formula is C13H11ClOSi. The number of hydrogen-bond donors (Lipinski definition) is 0. The monoisotopic (exact) mass is 246 g/mol. The van der Waals surface area contributed by atoms with Crippen LogP contribution in [-0.4, -0.2) is 16.6 Å². The van der Waals surface area contributed by atoms with E-state index in [1.807, 2.05) is 36.4 Å². The molecule has 2 aromatic carbocycles. The Labute approximate surface area is 103 Å². The Morgan fingerprint density at radius 1 is 1.06 bits per heavy atom. The maximum Gasteiger partial charge on any atom is 0.126 e. The third-order valence-corrected chi connectivity index (χ3v) is 3.73. The molecule has 80 valence electrons. The van der Waals surface area contributed by atoms with Crippen LogP contribution in [-0.2, 0) is 0 Å². The van der Waals surface area contributed by atoms with E-state index in [9.17, 15) is 0 Å². The largest absolute Gasteiger partial charge is 0.497 e. The fourth-order valence-corrected chi connectivity index (χ4v) is 2.92. The molecule has 0 spiro atoms. The number of benzene rings is 2. The first kappa shape index (κ1) is 11.2. The average molecular weight is 247 g/mol. The number of methoxy groups -OCH3 is 1. The summed E-state index contributed by atoms with van der Waals surface area (Å²) in [5.74, 6) is 0.895. The Morgan fingerprint density at radius 3 is 2.50 bits per heavy atom. The van der Waals surface area contributed by atoms with Crippen LogP contribution in [0.1, 0.15) is 0 Å². The number of halogens is 1. The van der Waals surface area contributed by atoms with Gasteiger partial charge in [-0.2, -0.15) is 0 Å². The molecule has 0 saturated heterocycles. The lowest BCUT2D eigenvalue weighted by molar-refractivity contribution is 0.418. The van der Waals surface area contributed by atoms with Crippen molar-refractivity contribution in [3.8, 4) is 5.75 Å². The van der Waals surface area contributed by atoms with Gasteiger partial charge in [0, 0.05) is 5.02 Å². The zero-order chi connectivity index (χ0) is 11.4. The fraction of sp³-hybridized carbons (Fsp3) is 0.0769. The lowest BCUT2D eigenvalue weighted by atomic mass is 10.3. The van der Waals surface area contributed by atoms with E-state index in [0.29, 0.717) is 9.52 Å². The van der Waals surface area contributed by atoms with Gasteiger partial charge in [-0.3, -0.25) is 0 Å². The van der Waals surface area contributed by atoms with Crippen molar-refractivity contribution < 1.29 is 4.74 Å². The van der Waals surface area contributed by atoms with E-state index in [0.717, 1.165) is 16.0 Å². The van der Waals surface area contributed by atoms with Gasteiger partial charge in [0.05, 0.1) is 7.11 Å². The maximum atomic E-state index is 5.99. The highest BCUT2D eigenvalue weighted by atomic mass is 35.5. The number of rotatable bonds is 3. The van der Waals surface area contributed by atoms with E-state index < -0.39 is 0 Å². The Hall–Kier alpha value is -1.25. The first-order valence-electron chi connectivity index (χ1n) is 4.95. The zero-order valence-electron chi connectivity index (χ0n) is 8.91. The third-order valence-electron chi connectivity index (χ3n) is 2.21. The van der Waals surface area contributed by atoms with Crippen molar-refractivity contribution in [3.05, 3.63) is 53.6 Å². The van der Waals surface area contributed by atoms with E-state index >= 15 is 0 Å². The minimum Gasteiger partial charge on any atom is -0.497 e. The van der Waals surface area contributed by atoms with Gasteiger partial charge in [-0.1, -0.05) is 47.1 Å². The lowest BCUT2D eigenvalue weighted by Gasteiger charge is -2.08. The minimum absolute atomic E-state index is 0.569. The van der Waals surface area contributed by atoms with Crippen LogP contribution in [0.25, 0.3) is 0 Å². The van der Waals surface area contributed by atoms with Gasteiger partial charge < -0.3 is 4.74 Å². The molecule has 16 heavy (non-hydrogen) atoms. The normalized spacial score (nSPS) is 10.1. The SMILES string of the molecule is COc1ccc(Cl)cc1[Si]c1ccccc1. The van der Waals surface area contributed by atoms with Crippen LogP contribution in [0.5, 0.6) is 5.75 Å². The predicted molar refractivity (Wildman–Crippen MR) is 69.5 cm³/mol. The highest BCUT2D eigenvalue weighted by molar-refractivity contribution is 6.68. The van der Waals surface area contributed by atoms with Gasteiger partial charge in [0.1, 0.15) is 15.3 Å². The van der Waals surface area contributed by atoms with Gasteiger partial charge in [0.15, 0.2) is 0 Å². The Kier molecular flexibility index (Phi) is 3.65. The van der Waals surface area contributed by atoms with Crippen LogP contribution in [0.15, 0.2) is 48.5 Å². The van der Waals surface area contributed by atoms with Crippen molar-refractivity contribution in [1.82, 2.24) is 0 Å². The highest BCUT2D eigenvalue weighted by Crippen LogP contribution is 2.12. The summed E-state index contributed by atoms with van der Waals surface area (Å²) in [5, 5.41) is 3.17. The van der Waals surface area contributed by atoms with Gasteiger partial charge in [-0.15, -0.1) is 0 Å². The van der Waals surface area contributed by atoms with Crippen molar-refractivity contribution in [2.24, 2.45) is 0 Å². The van der Waals surface area contributed by atoms with E-state index in [1.54, 1.807) is 7.11 Å². The van der Waals surface area contributed by atoms with Gasteiger partial charge in [-0.25, -0.2) is 0 Å². The molecule has 0 fully saturated rings. The number of hydrogen-bond acceptors (Lipinski definition) is 1. The molecule has 0 saturated carbocycles. The molecule has 0 bridgehead atoms. The molecule has 0 aliphatic rings. The minimum atomic E-state index is 0.569. The average Bonchev–Trinajstić information content (AvgIpc) is 2.31. The van der Waals surface area contributed by atoms with Crippen LogP contribution in [0.3, 0.4) is 0 Å². The standard InChI is InChI=1S/C13H11ClOSi/c1-15-12-8-7-10(14)9-13(12)16-11-5-3-2-4-6-11/h2-9H,1H3. The molecule has 0 aliphatic carbocycles. The van der Waals surface area contributed by atoms with Crippen molar-refractivity contribution in [2.75, 3.05) is 7.11 Å². The fourth-order valence-electron chi connectivity index (χ4n) is 1.45. The molecule has 3 heteroatoms. The topological polar surface area (TPSA) is 9.23 Å². The summed E-state index contributed by atoms with van der Waals surface area (Å²) in [6, 6.07) is 16.0. The first-order chi connectivity index (χ1) is 7.79. The van der Waals surface area contributed by atoms with Gasteiger partial charge >= 0.3 is 0 Å². The van der Waals surface area contributed by atoms with Gasteiger partial charge in [0.2, 0.25) is 0 Å². The highest BCUT2D eigenvalue weighted by Gasteiger charge is 2.05. The summed E-state index contributed by atoms with van der Waals surface area (Å²) in [4.78, 5) is 0. The summed E-state index contributed by atoms with van der Waals surface area (Å²) < 4.78 is 5.32. The molecule has 0 aromatic heterocycles. The third kappa shape index (κ3) is 2.65. The molecule has 0 N–H and O–H groups in total. The molecule has 0 unspecified atom stereocenters. The van der Waals surface area contributed by atoms with Crippen molar-refractivity contribution in [3.63, 3.8) is 0 Å². The molecule has 0 atom stereocenters. The van der Waals surface area contributed by atoms with E-state index in [1.165, 1.54) is 5.19 Å². The summed E-state index contributed by atoms with van der Waals surface area (Å²) >= 11 is 5.99. The molecule has 0 aliphatic heterocycles. The molecule has 0 amide bonds. The van der Waals surface area contributed by atoms with Crippen LogP contribution in [0.2, 0.25) is 5.02 Å². The van der Waals surface area contributed by atoms with Crippen LogP contribution in [0.4, 0.5) is 0 Å². The summed E-state index contributed by atoms with van der Waals surface area (Å²) in [7, 11) is 2.25. The Bertz CT molecular complexity index is 471. The Morgan fingerprint density at radius 2 is 1.81 bits per heavy atom. The van der Waals surface area contributed by atoms with Crippen LogP contribution >= 0.6 is 11.6 Å². The summed E-state index contributed by atoms with van der Waals surface area (Å²) in [6.45, 7) is 0. The quantitative estimate of drug-likeness (QED) is 0.753. The second-order valence-electron chi connectivity index (χ2n) is 3.34. The van der Waals surface area contributed by atoms with E-state index in [2.05, 4.69) is 12.1 Å². The van der Waals surface area contributed by atoms with Crippen molar-refractivity contribution >= 4 is 31.5 Å². The molecule has 0 heterocycles. The molecule has 2 radical (unpaired) electrons. The Balaban J connectivity index is 2.30. The zero-order valence-corrected chi connectivity index (χ0v) is 10.7. The van der Waals surface area contributed by atoms with Gasteiger partial charge in [0.25, 0.3) is 0 Å². The molecule has 1 nitrogen and oxygen atoms in total. The second-order valence-corrected chi connectivity index (χ2v) is 5.14. The maximum absolute atomic E-state index is 5.99. The first-order valence-corrected chi connectivity index (χ1v) is 6.33. The predicted octanol–water partition coefficient (Wildman–Crippen LogP) is 2.00. The lowest BCUT2D eigenvalue weighted by Crippen LogP contribution is -2.28. The van der Waals surface area contributed by atoms with Crippen molar-refractivity contribution in [2.45, 2.75) is 0 Å². The second kappa shape index (κ2) is 5.19. The van der Waals surface area contributed by atoms with Crippen LogP contribution < -0.4 is 15.1 Å². The number of ether oxygens (including phenoxy) is 1. The van der Waals surface area contributed by atoms with Crippen LogP contribution in [0, 0.1) is 0 Å². The summed E-state index contributed by atoms with van der Waals surface area (Å²) in [6.07, 6.45) is 0. The summed E-state index contributed by atoms with van der Waals surface area (Å²) in [5.41, 5.74) is 0. The molecule has 2 aromatic rings.